The lowest BCUT2D eigenvalue weighted by molar-refractivity contribution is -0.145. The van der Waals surface area contributed by atoms with Gasteiger partial charge in [-0.05, 0) is 38.5 Å². The Morgan fingerprint density at radius 2 is 1.11 bits per heavy atom. The van der Waals surface area contributed by atoms with Crippen molar-refractivity contribution in [1.29, 1.82) is 0 Å². The molecule has 0 saturated heterocycles. The van der Waals surface area contributed by atoms with Crippen LogP contribution in [-0.4, -0.2) is 22.9 Å². The Labute approximate surface area is 117 Å². The number of amides is 1. The summed E-state index contributed by atoms with van der Waals surface area (Å²) in [4.78, 5) is 15.3. The first-order valence-electron chi connectivity index (χ1n) is 8.68. The minimum absolute atomic E-state index is 0.392. The molecule has 0 N–H and O–H groups in total. The van der Waals surface area contributed by atoms with Gasteiger partial charge in [0.1, 0.15) is 0 Å². The van der Waals surface area contributed by atoms with Crippen molar-refractivity contribution in [2.24, 2.45) is 5.92 Å². The van der Waals surface area contributed by atoms with E-state index >= 15 is 0 Å². The molecule has 0 bridgehead atoms. The van der Waals surface area contributed by atoms with E-state index in [-0.39, 0.29) is 0 Å². The molecular formula is C17H29NO. The zero-order valence-electron chi connectivity index (χ0n) is 12.3. The van der Waals surface area contributed by atoms with E-state index in [1.165, 1.54) is 70.6 Å². The molecule has 3 fully saturated rings. The first-order chi connectivity index (χ1) is 9.36. The highest BCUT2D eigenvalue weighted by Crippen LogP contribution is 2.35. The lowest BCUT2D eigenvalue weighted by Crippen LogP contribution is -2.51. The highest BCUT2D eigenvalue weighted by Gasteiger charge is 2.37. The van der Waals surface area contributed by atoms with Crippen molar-refractivity contribution in [1.82, 2.24) is 4.90 Å². The zero-order valence-corrected chi connectivity index (χ0v) is 12.3. The standard InChI is InChI=1S/C17H29NO/c19-17(14-8-7-9-14)18(15-10-3-1-4-11-15)16-12-5-2-6-13-16/h14-16H,1-13H2. The van der Waals surface area contributed by atoms with Crippen LogP contribution in [0.1, 0.15) is 83.5 Å². The molecule has 0 atom stereocenters. The zero-order chi connectivity index (χ0) is 13.1. The van der Waals surface area contributed by atoms with E-state index in [9.17, 15) is 4.79 Å². The van der Waals surface area contributed by atoms with Crippen LogP contribution in [0.4, 0.5) is 0 Å². The van der Waals surface area contributed by atoms with Gasteiger partial charge in [-0.1, -0.05) is 44.9 Å². The maximum atomic E-state index is 12.8. The van der Waals surface area contributed by atoms with E-state index in [2.05, 4.69) is 4.90 Å². The average Bonchev–Trinajstić information content (AvgIpc) is 2.39. The summed E-state index contributed by atoms with van der Waals surface area (Å²) in [6.07, 6.45) is 16.8. The number of hydrogen-bond acceptors (Lipinski definition) is 1. The van der Waals surface area contributed by atoms with Crippen LogP contribution in [0.3, 0.4) is 0 Å². The fourth-order valence-corrected chi connectivity index (χ4v) is 4.24. The number of rotatable bonds is 3. The van der Waals surface area contributed by atoms with Gasteiger partial charge in [0.2, 0.25) is 5.91 Å². The third-order valence-electron chi connectivity index (χ3n) is 5.65. The Morgan fingerprint density at radius 1 is 0.632 bits per heavy atom. The molecule has 3 saturated carbocycles. The molecule has 19 heavy (non-hydrogen) atoms. The molecule has 1 amide bonds. The van der Waals surface area contributed by atoms with Crippen LogP contribution in [-0.2, 0) is 4.79 Å². The Kier molecular flexibility index (Phi) is 4.45. The van der Waals surface area contributed by atoms with Gasteiger partial charge >= 0.3 is 0 Å². The summed E-state index contributed by atoms with van der Waals surface area (Å²) >= 11 is 0. The number of carbonyl (C=O) groups excluding carboxylic acids is 1. The Balaban J connectivity index is 1.70. The van der Waals surface area contributed by atoms with Crippen LogP contribution >= 0.6 is 0 Å². The molecule has 3 aliphatic rings. The third-order valence-corrected chi connectivity index (χ3v) is 5.65. The van der Waals surface area contributed by atoms with Gasteiger partial charge in [-0.25, -0.2) is 0 Å². The summed E-state index contributed by atoms with van der Waals surface area (Å²) in [6.45, 7) is 0. The summed E-state index contributed by atoms with van der Waals surface area (Å²) in [5.41, 5.74) is 0. The van der Waals surface area contributed by atoms with Crippen molar-refractivity contribution in [3.05, 3.63) is 0 Å². The average molecular weight is 263 g/mol. The molecule has 0 aromatic heterocycles. The number of hydrogen-bond donors (Lipinski definition) is 0. The van der Waals surface area contributed by atoms with Crippen LogP contribution in [0.5, 0.6) is 0 Å². The predicted octanol–water partition coefficient (Wildman–Crippen LogP) is 4.28. The van der Waals surface area contributed by atoms with Gasteiger partial charge in [-0.3, -0.25) is 4.79 Å². The van der Waals surface area contributed by atoms with Crippen LogP contribution in [0, 0.1) is 5.92 Å². The minimum atomic E-state index is 0.392. The summed E-state index contributed by atoms with van der Waals surface area (Å²) in [6, 6.07) is 1.18. The van der Waals surface area contributed by atoms with Crippen LogP contribution in [0.15, 0.2) is 0 Å². The maximum Gasteiger partial charge on any atom is 0.226 e. The first-order valence-corrected chi connectivity index (χ1v) is 8.68. The fraction of sp³-hybridized carbons (Fsp3) is 0.941. The normalized spacial score (nSPS) is 26.9. The Morgan fingerprint density at radius 3 is 1.47 bits per heavy atom. The topological polar surface area (TPSA) is 20.3 Å². The summed E-state index contributed by atoms with van der Waals surface area (Å²) in [7, 11) is 0. The maximum absolute atomic E-state index is 12.8. The molecule has 2 heteroatoms. The summed E-state index contributed by atoms with van der Waals surface area (Å²) < 4.78 is 0. The van der Waals surface area contributed by atoms with E-state index in [1.54, 1.807) is 0 Å². The smallest absolute Gasteiger partial charge is 0.226 e. The van der Waals surface area contributed by atoms with E-state index in [0.717, 1.165) is 12.8 Å². The molecule has 108 valence electrons. The minimum Gasteiger partial charge on any atom is -0.336 e. The van der Waals surface area contributed by atoms with E-state index in [0.29, 0.717) is 23.9 Å². The van der Waals surface area contributed by atoms with Crippen molar-refractivity contribution in [2.45, 2.75) is 95.6 Å². The Hall–Kier alpha value is -0.530. The third kappa shape index (κ3) is 2.98. The van der Waals surface area contributed by atoms with Gasteiger partial charge in [-0.2, -0.15) is 0 Å². The van der Waals surface area contributed by atoms with Crippen LogP contribution in [0.2, 0.25) is 0 Å². The molecule has 0 heterocycles. The van der Waals surface area contributed by atoms with Crippen molar-refractivity contribution < 1.29 is 4.79 Å². The molecule has 0 aromatic carbocycles. The number of carbonyl (C=O) groups is 1. The molecule has 0 radical (unpaired) electrons. The lowest BCUT2D eigenvalue weighted by atomic mass is 9.81. The summed E-state index contributed by atoms with van der Waals surface area (Å²) in [5.74, 6) is 0.925. The molecule has 0 aromatic rings. The molecular weight excluding hydrogens is 234 g/mol. The van der Waals surface area contributed by atoms with Gasteiger partial charge in [0.15, 0.2) is 0 Å². The largest absolute Gasteiger partial charge is 0.336 e. The van der Waals surface area contributed by atoms with Gasteiger partial charge in [-0.15, -0.1) is 0 Å². The lowest BCUT2D eigenvalue weighted by Gasteiger charge is -2.44. The fourth-order valence-electron chi connectivity index (χ4n) is 4.24. The first kappa shape index (κ1) is 13.5. The second-order valence-corrected chi connectivity index (χ2v) is 6.96. The van der Waals surface area contributed by atoms with Crippen molar-refractivity contribution in [2.75, 3.05) is 0 Å². The predicted molar refractivity (Wildman–Crippen MR) is 77.9 cm³/mol. The van der Waals surface area contributed by atoms with Crippen molar-refractivity contribution >= 4 is 5.91 Å². The SMILES string of the molecule is O=C(C1CCC1)N(C1CCCCC1)C1CCCCC1. The molecule has 2 nitrogen and oxygen atoms in total. The van der Waals surface area contributed by atoms with E-state index < -0.39 is 0 Å². The molecule has 0 spiro atoms. The highest BCUT2D eigenvalue weighted by molar-refractivity contribution is 5.80. The van der Waals surface area contributed by atoms with Crippen LogP contribution in [0.25, 0.3) is 0 Å². The highest BCUT2D eigenvalue weighted by atomic mass is 16.2. The molecule has 0 aliphatic heterocycles. The molecule has 3 rings (SSSR count). The molecule has 3 aliphatic carbocycles. The van der Waals surface area contributed by atoms with Gasteiger partial charge in [0.05, 0.1) is 0 Å². The van der Waals surface area contributed by atoms with Crippen molar-refractivity contribution in [3.63, 3.8) is 0 Å². The van der Waals surface area contributed by atoms with Crippen LogP contribution < -0.4 is 0 Å². The number of nitrogens with zero attached hydrogens (tertiary/aromatic N) is 1. The Bertz CT molecular complexity index is 280. The van der Waals surface area contributed by atoms with Gasteiger partial charge < -0.3 is 4.90 Å². The molecule has 0 unspecified atom stereocenters. The monoisotopic (exact) mass is 263 g/mol. The van der Waals surface area contributed by atoms with Crippen molar-refractivity contribution in [3.8, 4) is 0 Å². The quantitative estimate of drug-likeness (QED) is 0.744. The summed E-state index contributed by atoms with van der Waals surface area (Å²) in [5, 5.41) is 0. The van der Waals surface area contributed by atoms with E-state index in [1.807, 2.05) is 0 Å². The second kappa shape index (κ2) is 6.28. The van der Waals surface area contributed by atoms with Gasteiger partial charge in [0, 0.05) is 18.0 Å². The van der Waals surface area contributed by atoms with Gasteiger partial charge in [0.25, 0.3) is 0 Å². The van der Waals surface area contributed by atoms with E-state index in [4.69, 9.17) is 0 Å². The second-order valence-electron chi connectivity index (χ2n) is 6.96.